The Morgan fingerprint density at radius 1 is 0.931 bits per heavy atom. The van der Waals surface area contributed by atoms with Gasteiger partial charge in [-0.15, -0.1) is 13.8 Å². The van der Waals surface area contributed by atoms with Crippen molar-refractivity contribution in [3.63, 3.8) is 0 Å². The Bertz CT molecular complexity index is 2520. The summed E-state index contributed by atoms with van der Waals surface area (Å²) in [6, 6.07) is 17.5. The summed E-state index contributed by atoms with van der Waals surface area (Å²) in [6.07, 6.45) is 0. The van der Waals surface area contributed by atoms with Crippen LogP contribution in [0.25, 0.3) is 10.8 Å². The van der Waals surface area contributed by atoms with Gasteiger partial charge in [0.25, 0.3) is 5.91 Å². The van der Waals surface area contributed by atoms with Crippen molar-refractivity contribution in [2.24, 2.45) is 10.2 Å². The number of hydrogen-bond acceptors (Lipinski definition) is 22. The van der Waals surface area contributed by atoms with Gasteiger partial charge in [0.15, 0.2) is 15.6 Å². The predicted molar refractivity (Wildman–Crippen MR) is 209 cm³/mol. The summed E-state index contributed by atoms with van der Waals surface area (Å²) < 4.78 is 68.6. The molecule has 0 aliphatic heterocycles. The number of azo groups is 1. The Balaban J connectivity index is 1.36. The van der Waals surface area contributed by atoms with Gasteiger partial charge in [-0.25, -0.2) is 23.1 Å². The molecular formula is C31H29ClN8O14S4. The third-order valence-corrected chi connectivity index (χ3v) is 10.8. The molecule has 1 aromatic heterocycles. The number of sulfone groups is 1. The number of phenols is 1. The highest BCUT2D eigenvalue weighted by atomic mass is 35.5. The van der Waals surface area contributed by atoms with Crippen molar-refractivity contribution in [3.05, 3.63) is 83.6 Å². The number of nitrogens with zero attached hydrogens (tertiary/aromatic N) is 6. The molecule has 0 aliphatic carbocycles. The molecule has 1 heterocycles. The molecular weight excluding hydrogens is 872 g/mol. The van der Waals surface area contributed by atoms with E-state index in [4.69, 9.17) is 26.7 Å². The maximum absolute atomic E-state index is 13.2. The number of phenolic OH excluding ortho intramolecular Hbond substituents is 1. The van der Waals surface area contributed by atoms with Gasteiger partial charge in [-0.3, -0.25) is 9.35 Å². The average molecular weight is 901 g/mol. The van der Waals surface area contributed by atoms with Gasteiger partial charge in [0.1, 0.15) is 5.69 Å². The zero-order valence-corrected chi connectivity index (χ0v) is 33.3. The molecule has 27 heteroatoms. The second kappa shape index (κ2) is 20.2. The lowest BCUT2D eigenvalue weighted by molar-refractivity contribution is -0.432. The lowest BCUT2D eigenvalue weighted by Gasteiger charge is -2.17. The highest BCUT2D eigenvalue weighted by molar-refractivity contribution is 7.95. The molecule has 0 spiro atoms. The minimum Gasteiger partial charge on any atom is -0.505 e. The lowest BCUT2D eigenvalue weighted by Crippen LogP contribution is -2.23. The highest BCUT2D eigenvalue weighted by Gasteiger charge is 2.19. The van der Waals surface area contributed by atoms with Crippen LogP contribution in [-0.2, 0) is 43.2 Å². The average Bonchev–Trinajstić information content (AvgIpc) is 3.18. The van der Waals surface area contributed by atoms with E-state index in [1.165, 1.54) is 42.5 Å². The van der Waals surface area contributed by atoms with Gasteiger partial charge in [0.2, 0.25) is 17.2 Å². The number of rotatable bonds is 20. The molecule has 308 valence electrons. The van der Waals surface area contributed by atoms with Crippen LogP contribution in [0.3, 0.4) is 0 Å². The van der Waals surface area contributed by atoms with Gasteiger partial charge in [0.05, 0.1) is 39.9 Å². The molecule has 0 saturated carbocycles. The van der Waals surface area contributed by atoms with Crippen molar-refractivity contribution in [2.45, 2.75) is 9.79 Å². The monoisotopic (exact) mass is 900 g/mol. The minimum absolute atomic E-state index is 0.0781. The van der Waals surface area contributed by atoms with E-state index in [-0.39, 0.29) is 60.7 Å². The number of halogens is 1. The number of aromatic hydroxyl groups is 1. The number of carbonyl (C=O) groups is 1. The van der Waals surface area contributed by atoms with Crippen molar-refractivity contribution in [1.29, 1.82) is 0 Å². The van der Waals surface area contributed by atoms with Gasteiger partial charge in [-0.1, -0.05) is 28.3 Å². The number of aromatic nitrogens is 3. The summed E-state index contributed by atoms with van der Waals surface area (Å²) in [4.78, 5) is 27.4. The first-order chi connectivity index (χ1) is 27.7. The molecule has 0 fully saturated rings. The normalized spacial score (nSPS) is 11.9. The van der Waals surface area contributed by atoms with E-state index in [9.17, 15) is 26.7 Å². The second-order valence-corrected chi connectivity index (χ2v) is 16.3. The lowest BCUT2D eigenvalue weighted by atomic mass is 10.1. The molecule has 5 rings (SSSR count). The Morgan fingerprint density at radius 3 is 2.47 bits per heavy atom. The Hall–Kier alpha value is -4.81. The third-order valence-electron chi connectivity index (χ3n) is 7.40. The van der Waals surface area contributed by atoms with Crippen LogP contribution in [-0.4, -0.2) is 89.6 Å². The molecule has 0 atom stereocenters. The molecule has 0 unspecified atom stereocenters. The van der Waals surface area contributed by atoms with Crippen LogP contribution in [0.2, 0.25) is 5.28 Å². The number of nitrogens with one attached hydrogen (secondary N) is 2. The Labute approximate surface area is 342 Å². The third kappa shape index (κ3) is 12.6. The van der Waals surface area contributed by atoms with Crippen molar-refractivity contribution in [1.82, 2.24) is 15.0 Å². The van der Waals surface area contributed by atoms with Crippen molar-refractivity contribution < 1.29 is 64.7 Å². The van der Waals surface area contributed by atoms with Gasteiger partial charge in [-0.2, -0.15) is 28.5 Å². The molecule has 22 nitrogen and oxygen atoms in total. The standard InChI is InChI=1S/C31H29ClN8O14S4/c1-40(10-12-55-53-51-43)31-36-29(32)35-30(37-31)34-21-9-8-18-15-25(56-54-52-44)26(27(41)24(18)17-21)39-38-22-6-2-4-19(14-22)28(42)33-20-5-3-7-23(16-20)57(45,46)13-11-50-58(47,48)49/h2-9,14-17,41,43-44H,10-13H2,1H3,(H,33,42)(H,47,48,49)(H,34,35,36,37). The van der Waals surface area contributed by atoms with Crippen LogP contribution in [0.1, 0.15) is 10.4 Å². The molecule has 6 N–H and O–H groups in total. The zero-order valence-electron chi connectivity index (χ0n) is 29.3. The largest absolute Gasteiger partial charge is 0.505 e. The number of hydrogen-bond donors (Lipinski definition) is 6. The molecule has 4 aromatic carbocycles. The number of benzene rings is 4. The molecule has 0 radical (unpaired) electrons. The number of anilines is 4. The van der Waals surface area contributed by atoms with Crippen molar-refractivity contribution >= 4 is 107 Å². The van der Waals surface area contributed by atoms with Crippen LogP contribution in [0.4, 0.5) is 34.6 Å². The summed E-state index contributed by atoms with van der Waals surface area (Å²) in [5.41, 5.74) is 0.664. The van der Waals surface area contributed by atoms with E-state index in [1.807, 2.05) is 0 Å². The maximum atomic E-state index is 13.2. The van der Waals surface area contributed by atoms with Gasteiger partial charge >= 0.3 is 10.4 Å². The number of carbonyl (C=O) groups excluding carboxylic acids is 1. The number of amides is 1. The van der Waals surface area contributed by atoms with Crippen molar-refractivity contribution in [2.75, 3.05) is 47.2 Å². The fourth-order valence-corrected chi connectivity index (χ4v) is 7.45. The van der Waals surface area contributed by atoms with E-state index < -0.39 is 38.5 Å². The number of fused-ring (bicyclic) bond motifs is 1. The van der Waals surface area contributed by atoms with E-state index in [1.54, 1.807) is 36.2 Å². The fraction of sp³-hybridized carbons (Fsp3) is 0.161. The van der Waals surface area contributed by atoms with E-state index in [2.05, 4.69) is 58.7 Å². The van der Waals surface area contributed by atoms with E-state index in [0.717, 1.165) is 18.1 Å². The molecule has 5 aromatic rings. The first kappa shape index (κ1) is 44.3. The summed E-state index contributed by atoms with van der Waals surface area (Å²) in [6.45, 7) is -0.444. The minimum atomic E-state index is -4.83. The first-order valence-electron chi connectivity index (χ1n) is 15.9. The van der Waals surface area contributed by atoms with Gasteiger partial charge in [0, 0.05) is 53.7 Å². The molecule has 0 bridgehead atoms. The van der Waals surface area contributed by atoms with E-state index >= 15 is 0 Å². The molecule has 0 aliphatic rings. The molecule has 58 heavy (non-hydrogen) atoms. The van der Waals surface area contributed by atoms with Crippen molar-refractivity contribution in [3.8, 4) is 5.75 Å². The van der Waals surface area contributed by atoms with Crippen LogP contribution in [0, 0.1) is 0 Å². The zero-order chi connectivity index (χ0) is 41.9. The summed E-state index contributed by atoms with van der Waals surface area (Å²) >= 11 is 7.53. The van der Waals surface area contributed by atoms with Crippen LogP contribution in [0.15, 0.2) is 92.8 Å². The highest BCUT2D eigenvalue weighted by Crippen LogP contribution is 2.45. The Morgan fingerprint density at radius 2 is 1.71 bits per heavy atom. The topological polar surface area (TPSA) is 303 Å². The Kier molecular flexibility index (Phi) is 15.5. The first-order valence-corrected chi connectivity index (χ1v) is 20.9. The fourth-order valence-electron chi connectivity index (χ4n) is 4.81. The SMILES string of the molecule is CN(CCSOOO)c1nc(Cl)nc(Nc2ccc3cc(SOOO)c(N=Nc4cccc(C(=O)Nc5cccc(S(=O)(=O)CCOS(=O)(=O)O)c5)c4)c(O)c3c2)n1. The van der Waals surface area contributed by atoms with E-state index in [0.29, 0.717) is 35.4 Å². The summed E-state index contributed by atoms with van der Waals surface area (Å²) in [5, 5.41) is 50.5. The quantitative estimate of drug-likeness (QED) is 0.0124. The summed E-state index contributed by atoms with van der Waals surface area (Å²) in [5.74, 6) is -1.10. The smallest absolute Gasteiger partial charge is 0.397 e. The predicted octanol–water partition coefficient (Wildman–Crippen LogP) is 6.32. The molecule has 1 amide bonds. The second-order valence-electron chi connectivity index (χ2n) is 11.3. The van der Waals surface area contributed by atoms with Crippen LogP contribution >= 0.6 is 35.7 Å². The van der Waals surface area contributed by atoms with Gasteiger partial charge in [-0.05, 0) is 71.6 Å². The van der Waals surface area contributed by atoms with Gasteiger partial charge < -0.3 is 20.6 Å². The molecule has 0 saturated heterocycles. The maximum Gasteiger partial charge on any atom is 0.397 e. The van der Waals surface area contributed by atoms with Crippen LogP contribution < -0.4 is 15.5 Å². The summed E-state index contributed by atoms with van der Waals surface area (Å²) in [7, 11) is -7.20. The van der Waals surface area contributed by atoms with Crippen LogP contribution in [0.5, 0.6) is 5.75 Å².